The van der Waals surface area contributed by atoms with Crippen molar-refractivity contribution < 1.29 is 20.1 Å². The Morgan fingerprint density at radius 1 is 1.26 bits per heavy atom. The van der Waals surface area contributed by atoms with Crippen LogP contribution in [0.1, 0.15) is 6.23 Å². The van der Waals surface area contributed by atoms with Gasteiger partial charge in [-0.25, -0.2) is 15.0 Å². The Bertz CT molecular complexity index is 603. The summed E-state index contributed by atoms with van der Waals surface area (Å²) in [5.74, 6) is 0.218. The Labute approximate surface area is 107 Å². The van der Waals surface area contributed by atoms with Crippen LogP contribution in [0.3, 0.4) is 0 Å². The van der Waals surface area contributed by atoms with Gasteiger partial charge in [0.25, 0.3) is 0 Å². The quantitative estimate of drug-likeness (QED) is 0.461. The Morgan fingerprint density at radius 2 is 2.05 bits per heavy atom. The van der Waals surface area contributed by atoms with Crippen LogP contribution < -0.4 is 5.73 Å². The van der Waals surface area contributed by atoms with Gasteiger partial charge in [0.05, 0.1) is 12.9 Å². The molecule has 9 nitrogen and oxygen atoms in total. The summed E-state index contributed by atoms with van der Waals surface area (Å²) in [5.41, 5.74) is 6.44. The number of nitrogens with two attached hydrogens (primary N) is 1. The molecule has 2 aromatic rings. The zero-order valence-corrected chi connectivity index (χ0v) is 9.79. The van der Waals surface area contributed by atoms with Gasteiger partial charge in [-0.2, -0.15) is 0 Å². The first-order valence-corrected chi connectivity index (χ1v) is 5.69. The number of aliphatic hydroxyl groups excluding tert-OH is 3. The van der Waals surface area contributed by atoms with Crippen LogP contribution in [0.2, 0.25) is 0 Å². The van der Waals surface area contributed by atoms with Crippen LogP contribution >= 0.6 is 0 Å². The van der Waals surface area contributed by atoms with E-state index in [0.717, 1.165) is 0 Å². The summed E-state index contributed by atoms with van der Waals surface area (Å²) in [5, 5.41) is 28.7. The summed E-state index contributed by atoms with van der Waals surface area (Å²) in [6.45, 7) is -0.390. The van der Waals surface area contributed by atoms with Crippen LogP contribution in [0.15, 0.2) is 12.7 Å². The number of rotatable bonds is 2. The minimum atomic E-state index is -1.19. The largest absolute Gasteiger partial charge is 0.394 e. The van der Waals surface area contributed by atoms with Gasteiger partial charge in [-0.3, -0.25) is 4.57 Å². The second-order valence-corrected chi connectivity index (χ2v) is 4.31. The molecule has 102 valence electrons. The molecule has 1 aliphatic rings. The van der Waals surface area contributed by atoms with E-state index in [1.807, 2.05) is 0 Å². The molecule has 2 aromatic heterocycles. The highest BCUT2D eigenvalue weighted by Gasteiger charge is 2.43. The van der Waals surface area contributed by atoms with Gasteiger partial charge in [-0.1, -0.05) is 0 Å². The molecule has 1 saturated heterocycles. The van der Waals surface area contributed by atoms with Gasteiger partial charge in [0, 0.05) is 0 Å². The van der Waals surface area contributed by atoms with Crippen molar-refractivity contribution in [3.05, 3.63) is 12.7 Å². The second kappa shape index (κ2) is 4.38. The summed E-state index contributed by atoms with van der Waals surface area (Å²) in [6.07, 6.45) is -1.42. The topological polar surface area (TPSA) is 140 Å². The molecule has 3 rings (SSSR count). The number of aliphatic hydroxyl groups is 3. The van der Waals surface area contributed by atoms with Crippen molar-refractivity contribution in [2.45, 2.75) is 24.5 Å². The molecule has 19 heavy (non-hydrogen) atoms. The lowest BCUT2D eigenvalue weighted by molar-refractivity contribution is -0.0511. The standard InChI is InChI=1S/C10H13N5O4/c11-8-5-9(13-2-12-8)15(3-14-5)10-7(18)6(17)4(1-16)19-10/h2-4,6-7,10,16-18H,1H2,(H2,11,12,13)/t4-,6+,7?,10-/m1/s1/i1+1,4+1,6+1,7+1,10+1. The van der Waals surface area contributed by atoms with Gasteiger partial charge in [-0.15, -0.1) is 0 Å². The Balaban J connectivity index is 2.04. The summed E-state index contributed by atoms with van der Waals surface area (Å²) in [7, 11) is 0. The number of hydrogen-bond donors (Lipinski definition) is 4. The fourth-order valence-corrected chi connectivity index (χ4v) is 2.17. The van der Waals surface area contributed by atoms with E-state index in [4.69, 9.17) is 15.6 Å². The van der Waals surface area contributed by atoms with E-state index in [9.17, 15) is 10.2 Å². The summed E-state index contributed by atoms with van der Waals surface area (Å²) in [4.78, 5) is 11.9. The van der Waals surface area contributed by atoms with E-state index < -0.39 is 31.1 Å². The number of hydrogen-bond acceptors (Lipinski definition) is 8. The highest BCUT2D eigenvalue weighted by molar-refractivity contribution is 5.81. The Morgan fingerprint density at radius 3 is 2.74 bits per heavy atom. The number of fused-ring (bicyclic) bond motifs is 1. The number of imidazole rings is 1. The van der Waals surface area contributed by atoms with Gasteiger partial charge in [0.15, 0.2) is 17.7 Å². The van der Waals surface area contributed by atoms with Gasteiger partial charge in [0.2, 0.25) is 0 Å². The van der Waals surface area contributed by atoms with E-state index in [2.05, 4.69) is 15.0 Å². The summed E-state index contributed by atoms with van der Waals surface area (Å²) < 4.78 is 6.85. The maximum absolute atomic E-state index is 9.95. The second-order valence-electron chi connectivity index (χ2n) is 4.31. The van der Waals surface area contributed by atoms with E-state index in [0.29, 0.717) is 11.2 Å². The molecular weight excluding hydrogens is 259 g/mol. The number of aromatic nitrogens is 4. The third-order valence-corrected chi connectivity index (χ3v) is 3.18. The van der Waals surface area contributed by atoms with Crippen LogP contribution in [0.5, 0.6) is 0 Å². The smallest absolute Gasteiger partial charge is 0.167 e. The average Bonchev–Trinajstić information content (AvgIpc) is 2.94. The van der Waals surface area contributed by atoms with Crippen LogP contribution in [-0.4, -0.2) is 59.8 Å². The highest BCUT2D eigenvalue weighted by Crippen LogP contribution is 2.31. The molecule has 0 aromatic carbocycles. The van der Waals surface area contributed by atoms with Gasteiger partial charge in [-0.05, 0) is 0 Å². The predicted octanol–water partition coefficient (Wildman–Crippen LogP) is -1.98. The summed E-state index contributed by atoms with van der Waals surface area (Å²) >= 11 is 0. The summed E-state index contributed by atoms with van der Waals surface area (Å²) in [6, 6.07) is 0. The van der Waals surface area contributed by atoms with Crippen molar-refractivity contribution in [3.8, 4) is 0 Å². The van der Waals surface area contributed by atoms with Crippen LogP contribution in [0, 0.1) is 0 Å². The molecule has 0 bridgehead atoms. The van der Waals surface area contributed by atoms with Crippen molar-refractivity contribution in [2.75, 3.05) is 12.3 Å². The number of nitrogen functional groups attached to an aromatic ring is 1. The lowest BCUT2D eigenvalue weighted by Gasteiger charge is -2.16. The zero-order chi connectivity index (χ0) is 13.6. The third kappa shape index (κ3) is 1.75. The van der Waals surface area contributed by atoms with E-state index in [-0.39, 0.29) is 5.82 Å². The lowest BCUT2D eigenvalue weighted by Crippen LogP contribution is -2.33. The first-order chi connectivity index (χ1) is 9.13. The minimum Gasteiger partial charge on any atom is -0.394 e. The molecule has 4 atom stereocenters. The minimum absolute atomic E-state index is 0.218. The fourth-order valence-electron chi connectivity index (χ4n) is 2.17. The number of anilines is 1. The van der Waals surface area contributed by atoms with Crippen molar-refractivity contribution in [1.82, 2.24) is 19.5 Å². The van der Waals surface area contributed by atoms with E-state index in [1.54, 1.807) is 0 Å². The first kappa shape index (κ1) is 12.2. The molecule has 0 aliphatic carbocycles. The van der Waals surface area contributed by atoms with Crippen molar-refractivity contribution in [1.29, 1.82) is 0 Å². The fraction of sp³-hybridized carbons (Fsp3) is 0.500. The Kier molecular flexibility index (Phi) is 2.82. The molecular formula is C10H13N5O4. The SMILES string of the molecule is Nc1ncnc2c1ncn2[13C@@H]1O[13C@H]([13CH2]O)[13C@H](O)[13CH]1O. The van der Waals surface area contributed by atoms with Crippen molar-refractivity contribution in [2.24, 2.45) is 0 Å². The van der Waals surface area contributed by atoms with Gasteiger partial charge >= 0.3 is 0 Å². The average molecular weight is 272 g/mol. The lowest BCUT2D eigenvalue weighted by atomic mass is 10.5. The van der Waals surface area contributed by atoms with Gasteiger partial charge < -0.3 is 25.8 Å². The van der Waals surface area contributed by atoms with Gasteiger partial charge in [0.1, 0.15) is 30.2 Å². The molecule has 1 aliphatic heterocycles. The van der Waals surface area contributed by atoms with Crippen LogP contribution in [0.25, 0.3) is 11.2 Å². The molecule has 1 fully saturated rings. The molecule has 0 spiro atoms. The van der Waals surface area contributed by atoms with Crippen molar-refractivity contribution in [3.63, 3.8) is 0 Å². The highest BCUT2D eigenvalue weighted by atomic mass is 16.8. The predicted molar refractivity (Wildman–Crippen MR) is 62.7 cm³/mol. The molecule has 0 amide bonds. The molecule has 1 unspecified atom stereocenters. The van der Waals surface area contributed by atoms with Crippen molar-refractivity contribution >= 4 is 17.0 Å². The maximum atomic E-state index is 9.95. The third-order valence-electron chi connectivity index (χ3n) is 3.18. The van der Waals surface area contributed by atoms with Crippen LogP contribution in [0.4, 0.5) is 5.82 Å². The molecule has 9 heteroatoms. The van der Waals surface area contributed by atoms with E-state index in [1.165, 1.54) is 17.2 Å². The molecule has 0 radical (unpaired) electrons. The van der Waals surface area contributed by atoms with Crippen LogP contribution in [-0.2, 0) is 4.74 Å². The normalized spacial score (nSPS) is 31.1. The Hall–Kier alpha value is -1.81. The van der Waals surface area contributed by atoms with E-state index >= 15 is 0 Å². The molecule has 3 heterocycles. The molecule has 5 N–H and O–H groups in total. The monoisotopic (exact) mass is 272 g/mol. The first-order valence-electron chi connectivity index (χ1n) is 5.69. The maximum Gasteiger partial charge on any atom is 0.167 e. The number of nitrogens with zero attached hydrogens (tertiary/aromatic N) is 4. The molecule has 0 saturated carbocycles. The zero-order valence-electron chi connectivity index (χ0n) is 9.79. The number of ether oxygens (including phenoxy) is 1.